The van der Waals surface area contributed by atoms with Crippen LogP contribution < -0.4 is 15.0 Å². The smallest absolute Gasteiger partial charge is 0.419 e. The number of alkyl halides is 3. The summed E-state index contributed by atoms with van der Waals surface area (Å²) < 4.78 is 47.5. The number of hydrogen-bond donors (Lipinski definition) is 2. The third-order valence-electron chi connectivity index (χ3n) is 8.32. The number of fused-ring (bicyclic) bond motifs is 2. The molecule has 1 aromatic carbocycles. The lowest BCUT2D eigenvalue weighted by Crippen LogP contribution is -2.37. The van der Waals surface area contributed by atoms with Gasteiger partial charge < -0.3 is 19.9 Å². The minimum atomic E-state index is -4.65. The maximum atomic E-state index is 13.7. The molecule has 2 aromatic rings. The highest BCUT2D eigenvalue weighted by Gasteiger charge is 2.38. The second-order valence-corrected chi connectivity index (χ2v) is 11.2. The topological polar surface area (TPSA) is 77.4 Å². The van der Waals surface area contributed by atoms with Gasteiger partial charge in [-0.25, -0.2) is 0 Å². The number of allylic oxidation sites excluding steroid dienone is 2. The van der Waals surface area contributed by atoms with Gasteiger partial charge in [-0.2, -0.15) is 23.1 Å². The molecular weight excluding hydrogens is 541 g/mol. The van der Waals surface area contributed by atoms with Crippen molar-refractivity contribution in [2.45, 2.75) is 78.0 Å². The molecule has 0 amide bonds. The Hall–Kier alpha value is -3.56. The van der Waals surface area contributed by atoms with E-state index in [0.29, 0.717) is 24.6 Å². The molecule has 0 aliphatic carbocycles. The number of amidine groups is 1. The van der Waals surface area contributed by atoms with Crippen molar-refractivity contribution >= 4 is 23.0 Å². The minimum Gasteiger partial charge on any atom is -0.460 e. The average molecular weight is 585 g/mol. The SMILES string of the molecule is C=C/C=C(\C(=N)N1CCc2nc(OC(C)C(CC)CCC)nc(Nc3ccc4c(c3)N(C)CCC4)c2CC1)C(F)(F)F. The van der Waals surface area contributed by atoms with E-state index >= 15 is 0 Å². The van der Waals surface area contributed by atoms with Gasteiger partial charge in [0.15, 0.2) is 0 Å². The van der Waals surface area contributed by atoms with Crippen LogP contribution >= 0.6 is 0 Å². The van der Waals surface area contributed by atoms with Gasteiger partial charge in [0.2, 0.25) is 0 Å². The number of ether oxygens (including phenoxy) is 1. The summed E-state index contributed by atoms with van der Waals surface area (Å²) in [7, 11) is 2.09. The van der Waals surface area contributed by atoms with Crippen molar-refractivity contribution in [1.82, 2.24) is 14.9 Å². The molecule has 1 aromatic heterocycles. The Balaban J connectivity index is 1.67. The number of aryl methyl sites for hydroxylation is 1. The van der Waals surface area contributed by atoms with E-state index < -0.39 is 17.6 Å². The lowest BCUT2D eigenvalue weighted by molar-refractivity contribution is -0.0870. The number of anilines is 3. The molecule has 0 radical (unpaired) electrons. The second kappa shape index (κ2) is 13.6. The van der Waals surface area contributed by atoms with Gasteiger partial charge in [0, 0.05) is 50.0 Å². The Morgan fingerprint density at radius 1 is 1.17 bits per heavy atom. The number of halogens is 3. The van der Waals surface area contributed by atoms with Gasteiger partial charge in [-0.3, -0.25) is 5.41 Å². The third-order valence-corrected chi connectivity index (χ3v) is 8.32. The zero-order valence-corrected chi connectivity index (χ0v) is 25.2. The highest BCUT2D eigenvalue weighted by atomic mass is 19.4. The van der Waals surface area contributed by atoms with E-state index in [9.17, 15) is 13.2 Å². The van der Waals surface area contributed by atoms with Gasteiger partial charge in [-0.15, -0.1) is 0 Å². The number of benzene rings is 1. The summed E-state index contributed by atoms with van der Waals surface area (Å²) in [4.78, 5) is 13.3. The van der Waals surface area contributed by atoms with Gasteiger partial charge in [0.25, 0.3) is 0 Å². The van der Waals surface area contributed by atoms with Crippen LogP contribution in [0.25, 0.3) is 0 Å². The van der Waals surface area contributed by atoms with Gasteiger partial charge in [0.1, 0.15) is 17.8 Å². The lowest BCUT2D eigenvalue weighted by Gasteiger charge is -2.28. The summed E-state index contributed by atoms with van der Waals surface area (Å²) in [5.41, 5.74) is 3.91. The molecule has 0 fully saturated rings. The summed E-state index contributed by atoms with van der Waals surface area (Å²) in [5.74, 6) is 0.388. The molecule has 2 atom stereocenters. The van der Waals surface area contributed by atoms with Crippen molar-refractivity contribution < 1.29 is 17.9 Å². The van der Waals surface area contributed by atoms with Crippen LogP contribution in [0.5, 0.6) is 6.01 Å². The van der Waals surface area contributed by atoms with Crippen LogP contribution in [0.2, 0.25) is 0 Å². The maximum absolute atomic E-state index is 13.7. The van der Waals surface area contributed by atoms with Crippen LogP contribution in [0.4, 0.5) is 30.4 Å². The fourth-order valence-corrected chi connectivity index (χ4v) is 5.93. The number of aromatic nitrogens is 2. The van der Waals surface area contributed by atoms with Crippen molar-refractivity contribution in [3.05, 3.63) is 59.3 Å². The van der Waals surface area contributed by atoms with E-state index in [1.165, 1.54) is 16.2 Å². The Labute approximate surface area is 247 Å². The molecule has 0 bridgehead atoms. The number of nitrogens with one attached hydrogen (secondary N) is 2. The van der Waals surface area contributed by atoms with Crippen LogP contribution in [-0.2, 0) is 19.3 Å². The van der Waals surface area contributed by atoms with Gasteiger partial charge >= 0.3 is 12.2 Å². The fourth-order valence-electron chi connectivity index (χ4n) is 5.93. The van der Waals surface area contributed by atoms with Crippen LogP contribution in [0, 0.1) is 11.3 Å². The van der Waals surface area contributed by atoms with E-state index in [2.05, 4.69) is 49.8 Å². The number of nitrogens with zero attached hydrogens (tertiary/aromatic N) is 4. The van der Waals surface area contributed by atoms with E-state index in [-0.39, 0.29) is 25.2 Å². The zero-order valence-electron chi connectivity index (χ0n) is 25.2. The molecule has 42 heavy (non-hydrogen) atoms. The first kappa shape index (κ1) is 31.4. The van der Waals surface area contributed by atoms with Crippen LogP contribution in [0.1, 0.15) is 63.3 Å². The molecular formula is C32H43F3N6O. The minimum absolute atomic E-state index is 0.0907. The van der Waals surface area contributed by atoms with E-state index in [1.54, 1.807) is 0 Å². The average Bonchev–Trinajstić information content (AvgIpc) is 3.17. The monoisotopic (exact) mass is 584 g/mol. The first-order chi connectivity index (χ1) is 20.0. The quantitative estimate of drug-likeness (QED) is 0.174. The highest BCUT2D eigenvalue weighted by Crippen LogP contribution is 2.34. The van der Waals surface area contributed by atoms with Crippen molar-refractivity contribution in [3.8, 4) is 6.01 Å². The Morgan fingerprint density at radius 2 is 1.93 bits per heavy atom. The predicted molar refractivity (Wildman–Crippen MR) is 163 cm³/mol. The van der Waals surface area contributed by atoms with Crippen LogP contribution in [0.3, 0.4) is 0 Å². The highest BCUT2D eigenvalue weighted by molar-refractivity contribution is 5.97. The lowest BCUT2D eigenvalue weighted by atomic mass is 9.95. The second-order valence-electron chi connectivity index (χ2n) is 11.2. The number of hydrogen-bond acceptors (Lipinski definition) is 6. The molecule has 0 saturated carbocycles. The van der Waals surface area contributed by atoms with E-state index in [1.807, 2.05) is 13.0 Å². The summed E-state index contributed by atoms with van der Waals surface area (Å²) >= 11 is 0. The largest absolute Gasteiger partial charge is 0.460 e. The first-order valence-corrected chi connectivity index (χ1v) is 15.0. The third kappa shape index (κ3) is 7.25. The molecule has 0 saturated heterocycles. The Bertz CT molecular complexity index is 1310. The van der Waals surface area contributed by atoms with Gasteiger partial charge in [-0.1, -0.05) is 39.0 Å². The fraction of sp³-hybridized carbons (Fsp3) is 0.531. The van der Waals surface area contributed by atoms with E-state index in [4.69, 9.17) is 20.1 Å². The summed E-state index contributed by atoms with van der Waals surface area (Å²) in [6.07, 6.45) is 3.15. The normalized spacial score (nSPS) is 17.1. The molecule has 7 nitrogen and oxygen atoms in total. The molecule has 2 aliphatic rings. The molecule has 4 rings (SSSR count). The zero-order chi connectivity index (χ0) is 30.4. The van der Waals surface area contributed by atoms with Crippen LogP contribution in [-0.4, -0.2) is 59.7 Å². The molecule has 2 aliphatic heterocycles. The predicted octanol–water partition coefficient (Wildman–Crippen LogP) is 7.25. The summed E-state index contributed by atoms with van der Waals surface area (Å²) in [5, 5.41) is 11.9. The van der Waals surface area contributed by atoms with Crippen molar-refractivity contribution in [3.63, 3.8) is 0 Å². The summed E-state index contributed by atoms with van der Waals surface area (Å²) in [6.45, 7) is 11.2. The Kier molecular flexibility index (Phi) is 10.2. The standard InChI is InChI=1S/C32H43F3N6O/c1-6-10-22(8-3)21(4)42-31-38-27-16-19-41(29(36)26(11-7-2)32(33,34)35)18-15-25(27)30(39-31)37-24-14-13-23-12-9-17-40(5)28(23)20-24/h7,11,13-14,20-22,36H,2,6,8-10,12,15-19H2,1,3-5H3,(H,37,38,39)/b26-11+,36-29?. The van der Waals surface area contributed by atoms with Crippen molar-refractivity contribution in [2.75, 3.05) is 36.9 Å². The van der Waals surface area contributed by atoms with E-state index in [0.717, 1.165) is 67.7 Å². The molecule has 228 valence electrons. The first-order valence-electron chi connectivity index (χ1n) is 15.0. The molecule has 0 spiro atoms. The maximum Gasteiger partial charge on any atom is 0.419 e. The summed E-state index contributed by atoms with van der Waals surface area (Å²) in [6, 6.07) is 6.56. The molecule has 10 heteroatoms. The van der Waals surface area contributed by atoms with Crippen molar-refractivity contribution in [1.29, 1.82) is 5.41 Å². The van der Waals surface area contributed by atoms with Gasteiger partial charge in [-0.05, 0) is 68.7 Å². The van der Waals surface area contributed by atoms with Crippen LogP contribution in [0.15, 0.2) is 42.5 Å². The molecule has 2 unspecified atom stereocenters. The molecule has 2 N–H and O–H groups in total. The Morgan fingerprint density at radius 3 is 2.62 bits per heavy atom. The molecule has 3 heterocycles. The number of rotatable bonds is 10. The van der Waals surface area contributed by atoms with Gasteiger partial charge in [0.05, 0.1) is 11.3 Å². The van der Waals surface area contributed by atoms with Crippen molar-refractivity contribution in [2.24, 2.45) is 5.92 Å².